The van der Waals surface area contributed by atoms with Crippen molar-refractivity contribution in [3.8, 4) is 11.5 Å². The molecule has 2 aromatic carbocycles. The third-order valence-electron chi connectivity index (χ3n) is 15.0. The average molecular weight is 1050 g/mol. The number of fused-ring (bicyclic) bond motifs is 4. The number of ether oxygens (including phenoxy) is 6. The Balaban J connectivity index is 0.000000213. The van der Waals surface area contributed by atoms with Crippen molar-refractivity contribution in [3.05, 3.63) is 59.2 Å². The monoisotopic (exact) mass is 1050 g/mol. The molecule has 4 aliphatic heterocycles. The molecule has 6 aliphatic rings. The highest BCUT2D eigenvalue weighted by Crippen LogP contribution is 2.49. The van der Waals surface area contributed by atoms with Crippen molar-refractivity contribution in [2.24, 2.45) is 11.8 Å². The standard InChI is InChI=1S/C23H36FN2O11P.C23H35FN2O8/c1-4-13-17(27)16(25-3)19-20(18(13)28)35-21-23(30,36-19)22(29,8-11(2)34-21)10-26-9-12-5-6-14(24)15(7-12)37-38(31,32)33;1-4-13-17(28)16(25-3)19-20(18(13)29)33-21-23(31,34-19)22(30,8-11(2)32-21)10-26-9-12-5-6-14(24)15(27)7-12/h5-7,11,13,16-21,25-30H,4,8-10H2,1-3H3,(H2,31,32,33);5-7,11,13,16-21,25-31H,4,8-10H2,1-3H3/t2*11-,13-,16+,17+,18+,19-,20-,21+,22-,23-/m11/s1. The van der Waals surface area contributed by atoms with Gasteiger partial charge < -0.3 is 100 Å². The molecule has 4 saturated heterocycles. The highest BCUT2D eigenvalue weighted by molar-refractivity contribution is 7.46. The SMILES string of the molecule is CC[C@@H]1[C@H](O)[C@H](NC)[C@H]2O[C@]3(O)[C@H](O[C@@H]2[C@H]1O)O[C@H](C)C[C@@]3(O)CNCc1ccc(F)c(O)c1.CC[C@@H]1[C@H](O)[C@H](NC)[C@H]2O[C@]3(O)[C@H](O[C@@H]2[C@H]1O)O[C@H](C)C[C@@]3(O)CNCc1ccc(F)c(OP(=O)(O)O)c1. The van der Waals surface area contributed by atoms with Crippen LogP contribution < -0.4 is 25.8 Å². The van der Waals surface area contributed by atoms with Crippen molar-refractivity contribution in [2.75, 3.05) is 27.2 Å². The number of hydrogen-bond donors (Lipinski definition) is 15. The molecule has 408 valence electrons. The van der Waals surface area contributed by atoms with Gasteiger partial charge in [-0.25, -0.2) is 13.3 Å². The van der Waals surface area contributed by atoms with E-state index in [0.717, 1.165) is 18.2 Å². The lowest BCUT2D eigenvalue weighted by Gasteiger charge is -2.60. The Bertz CT molecular complexity index is 2230. The summed E-state index contributed by atoms with van der Waals surface area (Å²) in [7, 11) is -1.73. The van der Waals surface area contributed by atoms with Crippen LogP contribution in [-0.2, 0) is 46.1 Å². The lowest BCUT2D eigenvalue weighted by molar-refractivity contribution is -0.483. The number of phenolic OH excluding ortho intramolecular Hbond substituents is 1. The van der Waals surface area contributed by atoms with E-state index in [1.165, 1.54) is 18.2 Å². The fourth-order valence-electron chi connectivity index (χ4n) is 11.3. The number of phenols is 1. The van der Waals surface area contributed by atoms with E-state index >= 15 is 0 Å². The molecule has 0 amide bonds. The number of hydrogen-bond acceptors (Lipinski definition) is 21. The number of benzene rings is 2. The van der Waals surface area contributed by atoms with Gasteiger partial charge in [0.1, 0.15) is 35.6 Å². The van der Waals surface area contributed by atoms with Gasteiger partial charge in [0, 0.05) is 50.9 Å². The Labute approximate surface area is 414 Å². The molecule has 6 fully saturated rings. The van der Waals surface area contributed by atoms with Gasteiger partial charge in [-0.1, -0.05) is 26.0 Å². The Hall–Kier alpha value is -2.67. The number of rotatable bonds is 14. The number of aromatic hydroxyl groups is 1. The molecule has 2 aliphatic carbocycles. The minimum Gasteiger partial charge on any atom is -0.505 e. The van der Waals surface area contributed by atoms with Crippen LogP contribution in [0.3, 0.4) is 0 Å². The van der Waals surface area contributed by atoms with Crippen LogP contribution in [0.4, 0.5) is 8.78 Å². The molecule has 72 heavy (non-hydrogen) atoms. The summed E-state index contributed by atoms with van der Waals surface area (Å²) in [6, 6.07) is 5.97. The first-order valence-corrected chi connectivity index (χ1v) is 25.7. The lowest BCUT2D eigenvalue weighted by atomic mass is 9.74. The summed E-state index contributed by atoms with van der Waals surface area (Å²) in [4.78, 5) is 18.0. The van der Waals surface area contributed by atoms with Gasteiger partial charge >= 0.3 is 7.82 Å². The first kappa shape index (κ1) is 57.0. The van der Waals surface area contributed by atoms with Crippen LogP contribution in [0.15, 0.2) is 36.4 Å². The first-order chi connectivity index (χ1) is 33.8. The molecule has 0 radical (unpaired) electrons. The quantitative estimate of drug-likeness (QED) is 0.0946. The molecular weight excluding hydrogens is 981 g/mol. The van der Waals surface area contributed by atoms with Crippen molar-refractivity contribution < 1.29 is 102 Å². The molecule has 20 atom stereocenters. The van der Waals surface area contributed by atoms with Crippen molar-refractivity contribution in [1.29, 1.82) is 0 Å². The van der Waals surface area contributed by atoms with Crippen molar-refractivity contribution in [2.45, 2.75) is 175 Å². The van der Waals surface area contributed by atoms with E-state index in [2.05, 4.69) is 25.8 Å². The van der Waals surface area contributed by atoms with Crippen molar-refractivity contribution in [3.63, 3.8) is 0 Å². The second-order valence-corrected chi connectivity index (χ2v) is 21.0. The summed E-state index contributed by atoms with van der Waals surface area (Å²) >= 11 is 0. The maximum Gasteiger partial charge on any atom is 0.524 e. The Kier molecular flexibility index (Phi) is 17.5. The number of likely N-dealkylation sites (N-methyl/N-ethyl adjacent to an activating group) is 2. The van der Waals surface area contributed by atoms with Gasteiger partial charge in [0.25, 0.3) is 0 Å². The summed E-state index contributed by atoms with van der Waals surface area (Å²) < 4.78 is 78.4. The summed E-state index contributed by atoms with van der Waals surface area (Å²) in [6.45, 7) is 6.87. The molecule has 0 bridgehead atoms. The minimum atomic E-state index is -4.98. The topological polar surface area (TPSA) is 352 Å². The molecule has 0 unspecified atom stereocenters. The Morgan fingerprint density at radius 2 is 1.07 bits per heavy atom. The van der Waals surface area contributed by atoms with Gasteiger partial charge in [-0.3, -0.25) is 9.79 Å². The smallest absolute Gasteiger partial charge is 0.505 e. The van der Waals surface area contributed by atoms with E-state index in [1.807, 2.05) is 13.8 Å². The summed E-state index contributed by atoms with van der Waals surface area (Å²) in [5.74, 6) is -8.49. The van der Waals surface area contributed by atoms with E-state index < -0.39 is 151 Å². The molecule has 15 N–H and O–H groups in total. The molecule has 26 heteroatoms. The third-order valence-corrected chi connectivity index (χ3v) is 15.4. The fourth-order valence-corrected chi connectivity index (χ4v) is 11.7. The Morgan fingerprint density at radius 1 is 0.653 bits per heavy atom. The maximum absolute atomic E-state index is 13.9. The van der Waals surface area contributed by atoms with E-state index in [-0.39, 0.29) is 39.0 Å². The highest BCUT2D eigenvalue weighted by atomic mass is 31.2. The predicted octanol–water partition coefficient (Wildman–Crippen LogP) is -1.62. The van der Waals surface area contributed by atoms with Crippen LogP contribution in [0.25, 0.3) is 0 Å². The highest BCUT2D eigenvalue weighted by Gasteiger charge is 2.70. The zero-order valence-corrected chi connectivity index (χ0v) is 41.6. The molecule has 8 rings (SSSR count). The third kappa shape index (κ3) is 11.0. The van der Waals surface area contributed by atoms with Crippen LogP contribution in [-0.4, -0.2) is 191 Å². The van der Waals surface area contributed by atoms with Gasteiger partial charge in [-0.05, 0) is 76.2 Å². The van der Waals surface area contributed by atoms with E-state index in [1.54, 1.807) is 27.9 Å². The number of aliphatic hydroxyl groups excluding tert-OH is 4. The van der Waals surface area contributed by atoms with Crippen molar-refractivity contribution in [1.82, 2.24) is 21.3 Å². The molecule has 4 heterocycles. The van der Waals surface area contributed by atoms with Crippen LogP contribution >= 0.6 is 7.82 Å². The second kappa shape index (κ2) is 22.1. The van der Waals surface area contributed by atoms with Gasteiger partial charge in [-0.2, -0.15) is 0 Å². The number of halogens is 2. The molecule has 0 spiro atoms. The van der Waals surface area contributed by atoms with Crippen LogP contribution in [0.5, 0.6) is 11.5 Å². The normalized spacial score (nSPS) is 42.8. The van der Waals surface area contributed by atoms with Crippen LogP contribution in [0.1, 0.15) is 64.5 Å². The summed E-state index contributed by atoms with van der Waals surface area (Å²) in [5, 5.41) is 111. The number of phosphoric ester groups is 1. The molecule has 2 aromatic rings. The Morgan fingerprint density at radius 3 is 1.46 bits per heavy atom. The lowest BCUT2D eigenvalue weighted by Crippen LogP contribution is -2.80. The number of nitrogens with one attached hydrogen (secondary N) is 4. The van der Waals surface area contributed by atoms with Gasteiger partial charge in [0.05, 0.1) is 48.7 Å². The number of aliphatic hydroxyl groups is 8. The van der Waals surface area contributed by atoms with Gasteiger partial charge in [-0.15, -0.1) is 0 Å². The zero-order valence-electron chi connectivity index (χ0n) is 40.7. The fraction of sp³-hybridized carbons (Fsp3) is 0.739. The van der Waals surface area contributed by atoms with E-state index in [9.17, 15) is 59.3 Å². The minimum absolute atomic E-state index is 0.00223. The summed E-state index contributed by atoms with van der Waals surface area (Å²) in [6.07, 6.45) is -10.9. The molecular formula is C46H71F2N4O19P. The zero-order chi connectivity index (χ0) is 52.9. The van der Waals surface area contributed by atoms with E-state index in [0.29, 0.717) is 24.0 Å². The first-order valence-electron chi connectivity index (χ1n) is 24.1. The predicted molar refractivity (Wildman–Crippen MR) is 245 cm³/mol. The molecule has 2 saturated carbocycles. The van der Waals surface area contributed by atoms with Crippen LogP contribution in [0.2, 0.25) is 0 Å². The molecule has 0 aromatic heterocycles. The van der Waals surface area contributed by atoms with E-state index in [4.69, 9.17) is 38.2 Å². The number of phosphoric acid groups is 1. The van der Waals surface area contributed by atoms with Crippen molar-refractivity contribution >= 4 is 7.82 Å². The largest absolute Gasteiger partial charge is 0.524 e. The van der Waals surface area contributed by atoms with Crippen LogP contribution in [0, 0.1) is 23.5 Å². The average Bonchev–Trinajstić information content (AvgIpc) is 3.29. The maximum atomic E-state index is 13.9. The second-order valence-electron chi connectivity index (χ2n) is 19.9. The molecule has 23 nitrogen and oxygen atoms in total. The van der Waals surface area contributed by atoms with Gasteiger partial charge in [0.2, 0.25) is 24.2 Å². The van der Waals surface area contributed by atoms with Gasteiger partial charge in [0.15, 0.2) is 23.1 Å². The summed E-state index contributed by atoms with van der Waals surface area (Å²) in [5.41, 5.74) is -2.88.